The quantitative estimate of drug-likeness (QED) is 0.914. The lowest BCUT2D eigenvalue weighted by Gasteiger charge is -2.12. The number of aromatic nitrogens is 2. The molecule has 0 bridgehead atoms. The van der Waals surface area contributed by atoms with Crippen LogP contribution in [-0.4, -0.2) is 21.0 Å². The molecule has 2 aromatic rings. The lowest BCUT2D eigenvalue weighted by atomic mass is 9.96. The summed E-state index contributed by atoms with van der Waals surface area (Å²) < 4.78 is 0.971. The molecule has 4 nitrogen and oxygen atoms in total. The number of carbonyl (C=O) groups is 1. The maximum atomic E-state index is 10.9. The Balaban J connectivity index is 2.39. The van der Waals surface area contributed by atoms with E-state index in [0.29, 0.717) is 5.82 Å². The van der Waals surface area contributed by atoms with Crippen molar-refractivity contribution >= 4 is 32.9 Å². The van der Waals surface area contributed by atoms with Gasteiger partial charge in [0.1, 0.15) is 5.82 Å². The van der Waals surface area contributed by atoms with E-state index < -0.39 is 11.9 Å². The molecular weight excluding hydrogens is 284 g/mol. The molecular formula is C12H13BrN2O2. The topological polar surface area (TPSA) is 66.0 Å². The molecule has 0 aliphatic heterocycles. The Morgan fingerprint density at radius 3 is 2.82 bits per heavy atom. The van der Waals surface area contributed by atoms with Crippen LogP contribution in [0.15, 0.2) is 22.7 Å². The molecule has 0 fully saturated rings. The van der Waals surface area contributed by atoms with E-state index in [-0.39, 0.29) is 5.92 Å². The number of aliphatic carboxylic acids is 1. The molecule has 0 spiro atoms. The summed E-state index contributed by atoms with van der Waals surface area (Å²) in [5.41, 5.74) is 1.77. The third-order valence-corrected chi connectivity index (χ3v) is 3.53. The van der Waals surface area contributed by atoms with Crippen LogP contribution >= 0.6 is 15.9 Å². The number of nitrogens with zero attached hydrogens (tertiary/aromatic N) is 1. The largest absolute Gasteiger partial charge is 0.481 e. The van der Waals surface area contributed by atoms with Crippen molar-refractivity contribution in [3.63, 3.8) is 0 Å². The minimum absolute atomic E-state index is 0.140. The molecule has 2 unspecified atom stereocenters. The number of aromatic amines is 1. The van der Waals surface area contributed by atoms with Crippen molar-refractivity contribution in [2.24, 2.45) is 5.92 Å². The van der Waals surface area contributed by atoms with Crippen LogP contribution in [0.3, 0.4) is 0 Å². The third-order valence-electron chi connectivity index (χ3n) is 3.03. The lowest BCUT2D eigenvalue weighted by molar-refractivity contribution is -0.141. The normalized spacial score (nSPS) is 14.8. The van der Waals surface area contributed by atoms with Gasteiger partial charge >= 0.3 is 5.97 Å². The van der Waals surface area contributed by atoms with Gasteiger partial charge in [-0.15, -0.1) is 0 Å². The Morgan fingerprint density at radius 2 is 2.18 bits per heavy atom. The first-order valence-electron chi connectivity index (χ1n) is 5.37. The second-order valence-corrected chi connectivity index (χ2v) is 5.11. The predicted molar refractivity (Wildman–Crippen MR) is 69.0 cm³/mol. The summed E-state index contributed by atoms with van der Waals surface area (Å²) in [6.07, 6.45) is 0. The highest BCUT2D eigenvalue weighted by Gasteiger charge is 2.23. The Labute approximate surface area is 107 Å². The summed E-state index contributed by atoms with van der Waals surface area (Å²) in [6, 6.07) is 5.75. The Morgan fingerprint density at radius 1 is 1.47 bits per heavy atom. The molecule has 0 saturated carbocycles. The van der Waals surface area contributed by atoms with Crippen LogP contribution in [0.1, 0.15) is 25.6 Å². The second-order valence-electron chi connectivity index (χ2n) is 4.20. The van der Waals surface area contributed by atoms with Gasteiger partial charge in [-0.2, -0.15) is 0 Å². The summed E-state index contributed by atoms with van der Waals surface area (Å²) in [7, 11) is 0. The maximum absolute atomic E-state index is 10.9. The first-order chi connectivity index (χ1) is 7.99. The number of carboxylic acids is 1. The van der Waals surface area contributed by atoms with Crippen LogP contribution in [0.5, 0.6) is 0 Å². The van der Waals surface area contributed by atoms with Crippen LogP contribution in [0, 0.1) is 5.92 Å². The smallest absolute Gasteiger partial charge is 0.306 e. The van der Waals surface area contributed by atoms with Crippen molar-refractivity contribution < 1.29 is 9.90 Å². The van der Waals surface area contributed by atoms with E-state index in [1.165, 1.54) is 0 Å². The zero-order valence-corrected chi connectivity index (χ0v) is 11.2. The summed E-state index contributed by atoms with van der Waals surface area (Å²) in [4.78, 5) is 18.5. The van der Waals surface area contributed by atoms with Crippen LogP contribution in [0.25, 0.3) is 11.0 Å². The van der Waals surface area contributed by atoms with Crippen molar-refractivity contribution in [3.05, 3.63) is 28.5 Å². The van der Waals surface area contributed by atoms with Gasteiger partial charge in [-0.25, -0.2) is 4.98 Å². The molecule has 17 heavy (non-hydrogen) atoms. The maximum Gasteiger partial charge on any atom is 0.306 e. The van der Waals surface area contributed by atoms with E-state index >= 15 is 0 Å². The Hall–Kier alpha value is -1.36. The number of benzene rings is 1. The van der Waals surface area contributed by atoms with Gasteiger partial charge in [0.05, 0.1) is 17.0 Å². The monoisotopic (exact) mass is 296 g/mol. The van der Waals surface area contributed by atoms with Crippen molar-refractivity contribution in [2.45, 2.75) is 19.8 Å². The molecule has 0 aliphatic carbocycles. The van der Waals surface area contributed by atoms with E-state index in [4.69, 9.17) is 5.11 Å². The Kier molecular flexibility index (Phi) is 3.19. The molecule has 2 atom stereocenters. The molecule has 1 heterocycles. The van der Waals surface area contributed by atoms with Crippen LogP contribution in [0.4, 0.5) is 0 Å². The van der Waals surface area contributed by atoms with Crippen molar-refractivity contribution in [3.8, 4) is 0 Å². The van der Waals surface area contributed by atoms with Gasteiger partial charge in [-0.1, -0.05) is 29.8 Å². The van der Waals surface area contributed by atoms with E-state index in [1.807, 2.05) is 25.1 Å². The average molecular weight is 297 g/mol. The SMILES string of the molecule is CC(C(=O)O)C(C)c1nc2ccc(Br)cc2[nH]1. The van der Waals surface area contributed by atoms with Gasteiger partial charge in [-0.05, 0) is 18.2 Å². The highest BCUT2D eigenvalue weighted by atomic mass is 79.9. The van der Waals surface area contributed by atoms with Crippen LogP contribution in [-0.2, 0) is 4.79 Å². The Bertz CT molecular complexity index is 565. The molecule has 0 aliphatic rings. The number of H-pyrrole nitrogens is 1. The zero-order chi connectivity index (χ0) is 12.6. The average Bonchev–Trinajstić information content (AvgIpc) is 2.69. The minimum atomic E-state index is -0.806. The first kappa shape index (κ1) is 12.1. The van der Waals surface area contributed by atoms with E-state index in [0.717, 1.165) is 15.5 Å². The number of hydrogen-bond acceptors (Lipinski definition) is 2. The molecule has 2 N–H and O–H groups in total. The van der Waals surface area contributed by atoms with Gasteiger partial charge in [0, 0.05) is 10.4 Å². The fourth-order valence-electron chi connectivity index (χ4n) is 1.67. The van der Waals surface area contributed by atoms with Gasteiger partial charge in [0.25, 0.3) is 0 Å². The number of halogens is 1. The molecule has 2 rings (SSSR count). The van der Waals surface area contributed by atoms with Crippen molar-refractivity contribution in [1.82, 2.24) is 9.97 Å². The highest BCUT2D eigenvalue weighted by Crippen LogP contribution is 2.25. The van der Waals surface area contributed by atoms with Crippen molar-refractivity contribution in [2.75, 3.05) is 0 Å². The number of nitrogens with one attached hydrogen (secondary N) is 1. The molecule has 0 amide bonds. The molecule has 0 saturated heterocycles. The molecule has 5 heteroatoms. The first-order valence-corrected chi connectivity index (χ1v) is 6.16. The van der Waals surface area contributed by atoms with Gasteiger partial charge in [0.2, 0.25) is 0 Å². The number of hydrogen-bond donors (Lipinski definition) is 2. The molecule has 0 radical (unpaired) electrons. The third kappa shape index (κ3) is 2.34. The van der Waals surface area contributed by atoms with Gasteiger partial charge in [-0.3, -0.25) is 4.79 Å². The standard InChI is InChI=1S/C12H13BrN2O2/c1-6(7(2)12(16)17)11-14-9-4-3-8(13)5-10(9)15-11/h3-7H,1-2H3,(H,14,15)(H,16,17). The van der Waals surface area contributed by atoms with Gasteiger partial charge < -0.3 is 10.1 Å². The van der Waals surface area contributed by atoms with Crippen molar-refractivity contribution in [1.29, 1.82) is 0 Å². The zero-order valence-electron chi connectivity index (χ0n) is 9.57. The fourth-order valence-corrected chi connectivity index (χ4v) is 2.03. The summed E-state index contributed by atoms with van der Waals surface area (Å²) in [5.74, 6) is -0.690. The van der Waals surface area contributed by atoms with Crippen LogP contribution in [0.2, 0.25) is 0 Å². The summed E-state index contributed by atoms with van der Waals surface area (Å²) >= 11 is 3.39. The molecule has 90 valence electrons. The number of carboxylic acid groups (broad SMARTS) is 1. The predicted octanol–water partition coefficient (Wildman–Crippen LogP) is 3.15. The summed E-state index contributed by atoms with van der Waals surface area (Å²) in [6.45, 7) is 3.56. The van der Waals surface area contributed by atoms with Crippen LogP contribution < -0.4 is 0 Å². The lowest BCUT2D eigenvalue weighted by Crippen LogP contribution is -2.17. The molecule has 1 aromatic heterocycles. The minimum Gasteiger partial charge on any atom is -0.481 e. The van der Waals surface area contributed by atoms with E-state index in [9.17, 15) is 4.79 Å². The fraction of sp³-hybridized carbons (Fsp3) is 0.333. The number of fused-ring (bicyclic) bond motifs is 1. The summed E-state index contributed by atoms with van der Waals surface area (Å²) in [5, 5.41) is 8.98. The van der Waals surface area contributed by atoms with Gasteiger partial charge in [0.15, 0.2) is 0 Å². The van der Waals surface area contributed by atoms with E-state index in [2.05, 4.69) is 25.9 Å². The number of imidazole rings is 1. The molecule has 1 aromatic carbocycles. The van der Waals surface area contributed by atoms with E-state index in [1.54, 1.807) is 6.92 Å². The second kappa shape index (κ2) is 4.49. The highest BCUT2D eigenvalue weighted by molar-refractivity contribution is 9.10. The number of rotatable bonds is 3.